The number of amides is 1. The summed E-state index contributed by atoms with van der Waals surface area (Å²) >= 11 is 0. The van der Waals surface area contributed by atoms with Crippen LogP contribution in [0.5, 0.6) is 0 Å². The van der Waals surface area contributed by atoms with Gasteiger partial charge in [0.15, 0.2) is 0 Å². The lowest BCUT2D eigenvalue weighted by molar-refractivity contribution is -0.132. The Kier molecular flexibility index (Phi) is 5.49. The molecule has 0 saturated carbocycles. The first-order chi connectivity index (χ1) is 9.69. The second-order valence-electron chi connectivity index (χ2n) is 5.11. The van der Waals surface area contributed by atoms with E-state index in [-0.39, 0.29) is 11.9 Å². The number of morpholine rings is 1. The number of carbonyl (C=O) groups is 1. The van der Waals surface area contributed by atoms with Gasteiger partial charge in [-0.15, -0.1) is 0 Å². The van der Waals surface area contributed by atoms with Crippen LogP contribution in [0.4, 0.5) is 0 Å². The lowest BCUT2D eigenvalue weighted by Gasteiger charge is -2.27. The number of nitrogens with zero attached hydrogens (tertiary/aromatic N) is 2. The molecule has 1 aliphatic rings. The Bertz CT molecular complexity index is 444. The van der Waals surface area contributed by atoms with Crippen molar-refractivity contribution in [1.82, 2.24) is 15.2 Å². The van der Waals surface area contributed by atoms with Crippen molar-refractivity contribution in [2.75, 3.05) is 26.3 Å². The highest BCUT2D eigenvalue weighted by Crippen LogP contribution is 2.07. The van der Waals surface area contributed by atoms with Crippen molar-refractivity contribution in [1.29, 1.82) is 0 Å². The average molecular weight is 277 g/mol. The molecule has 0 aliphatic carbocycles. The van der Waals surface area contributed by atoms with Crippen molar-refractivity contribution in [3.8, 4) is 0 Å². The van der Waals surface area contributed by atoms with Gasteiger partial charge >= 0.3 is 0 Å². The zero-order valence-corrected chi connectivity index (χ0v) is 12.3. The van der Waals surface area contributed by atoms with E-state index >= 15 is 0 Å². The molecular formula is C15H23N3O2. The molecule has 1 aliphatic heterocycles. The molecule has 110 valence electrons. The zero-order chi connectivity index (χ0) is 14.4. The summed E-state index contributed by atoms with van der Waals surface area (Å²) in [7, 11) is 0. The van der Waals surface area contributed by atoms with Crippen LogP contribution in [-0.4, -0.2) is 48.1 Å². The minimum atomic E-state index is 0.135. The number of aryl methyl sites for hydroxylation is 1. The minimum Gasteiger partial charge on any atom is -0.378 e. The smallest absolute Gasteiger partial charge is 0.224 e. The molecule has 5 heteroatoms. The summed E-state index contributed by atoms with van der Waals surface area (Å²) in [5, 5.41) is 3.31. The summed E-state index contributed by atoms with van der Waals surface area (Å²) in [5.74, 6) is 0.152. The number of nitrogens with one attached hydrogen (secondary N) is 1. The molecule has 1 amide bonds. The summed E-state index contributed by atoms with van der Waals surface area (Å²) in [6.45, 7) is 7.40. The quantitative estimate of drug-likeness (QED) is 0.876. The molecule has 1 atom stereocenters. The Balaban J connectivity index is 1.91. The maximum Gasteiger partial charge on any atom is 0.224 e. The van der Waals surface area contributed by atoms with Crippen molar-refractivity contribution >= 4 is 5.91 Å². The molecule has 1 unspecified atom stereocenters. The number of carbonyl (C=O) groups excluding carboxylic acids is 1. The molecule has 1 aromatic heterocycles. The van der Waals surface area contributed by atoms with Gasteiger partial charge in [-0.3, -0.25) is 9.78 Å². The highest BCUT2D eigenvalue weighted by molar-refractivity contribution is 5.76. The Morgan fingerprint density at radius 3 is 3.05 bits per heavy atom. The third-order valence-electron chi connectivity index (χ3n) is 3.45. The summed E-state index contributed by atoms with van der Waals surface area (Å²) in [5.41, 5.74) is 1.92. The van der Waals surface area contributed by atoms with E-state index in [1.807, 2.05) is 36.9 Å². The lowest BCUT2D eigenvalue weighted by atomic mass is 10.1. The average Bonchev–Trinajstić information content (AvgIpc) is 2.46. The second-order valence-corrected chi connectivity index (χ2v) is 5.11. The molecule has 0 aromatic carbocycles. The van der Waals surface area contributed by atoms with Gasteiger partial charge in [0, 0.05) is 31.2 Å². The molecule has 2 rings (SSSR count). The number of aromatic nitrogens is 1. The lowest BCUT2D eigenvalue weighted by Crippen LogP contribution is -2.45. The Labute approximate surface area is 120 Å². The van der Waals surface area contributed by atoms with Crippen LogP contribution in [0.1, 0.15) is 24.7 Å². The molecule has 1 saturated heterocycles. The van der Waals surface area contributed by atoms with Gasteiger partial charge in [0.2, 0.25) is 5.91 Å². The van der Waals surface area contributed by atoms with Crippen molar-refractivity contribution in [2.24, 2.45) is 0 Å². The Morgan fingerprint density at radius 1 is 1.55 bits per heavy atom. The largest absolute Gasteiger partial charge is 0.378 e. The fourth-order valence-electron chi connectivity index (χ4n) is 2.35. The normalized spacial score (nSPS) is 18.8. The van der Waals surface area contributed by atoms with Crippen LogP contribution >= 0.6 is 0 Å². The van der Waals surface area contributed by atoms with Crippen molar-refractivity contribution in [2.45, 2.75) is 32.9 Å². The SMILES string of the molecule is CCN(Cc1cccc(C)n1)C(=O)CC1COCCN1. The van der Waals surface area contributed by atoms with Gasteiger partial charge in [-0.1, -0.05) is 6.07 Å². The third-order valence-corrected chi connectivity index (χ3v) is 3.45. The number of hydrogen-bond acceptors (Lipinski definition) is 4. The molecule has 0 spiro atoms. The monoisotopic (exact) mass is 277 g/mol. The fourth-order valence-corrected chi connectivity index (χ4v) is 2.35. The predicted octanol–water partition coefficient (Wildman–Crippen LogP) is 1.12. The van der Waals surface area contributed by atoms with Gasteiger partial charge in [0.1, 0.15) is 0 Å². The van der Waals surface area contributed by atoms with E-state index < -0.39 is 0 Å². The Morgan fingerprint density at radius 2 is 2.40 bits per heavy atom. The van der Waals surface area contributed by atoms with E-state index in [0.29, 0.717) is 26.1 Å². The van der Waals surface area contributed by atoms with Crippen molar-refractivity contribution in [3.63, 3.8) is 0 Å². The number of hydrogen-bond donors (Lipinski definition) is 1. The first-order valence-corrected chi connectivity index (χ1v) is 7.20. The van der Waals surface area contributed by atoms with Gasteiger partial charge < -0.3 is 15.0 Å². The van der Waals surface area contributed by atoms with Crippen LogP contribution in [0.15, 0.2) is 18.2 Å². The number of rotatable bonds is 5. The van der Waals surface area contributed by atoms with Crippen molar-refractivity contribution < 1.29 is 9.53 Å². The molecule has 1 N–H and O–H groups in total. The molecule has 20 heavy (non-hydrogen) atoms. The molecule has 2 heterocycles. The van der Waals surface area contributed by atoms with Crippen LogP contribution in [0.25, 0.3) is 0 Å². The summed E-state index contributed by atoms with van der Waals surface area (Å²) in [4.78, 5) is 18.6. The third kappa shape index (κ3) is 4.28. The highest BCUT2D eigenvalue weighted by Gasteiger charge is 2.20. The van der Waals surface area contributed by atoms with Crippen LogP contribution in [0.3, 0.4) is 0 Å². The summed E-state index contributed by atoms with van der Waals surface area (Å²) < 4.78 is 5.38. The van der Waals surface area contributed by atoms with E-state index in [2.05, 4.69) is 10.3 Å². The van der Waals surface area contributed by atoms with E-state index in [4.69, 9.17) is 4.74 Å². The van der Waals surface area contributed by atoms with Gasteiger partial charge in [0.05, 0.1) is 25.5 Å². The van der Waals surface area contributed by atoms with E-state index in [0.717, 1.165) is 24.5 Å². The van der Waals surface area contributed by atoms with Crippen LogP contribution < -0.4 is 5.32 Å². The number of ether oxygens (including phenoxy) is 1. The summed E-state index contributed by atoms with van der Waals surface area (Å²) in [6, 6.07) is 6.04. The molecule has 0 radical (unpaired) electrons. The van der Waals surface area contributed by atoms with Crippen LogP contribution in [0, 0.1) is 6.92 Å². The van der Waals surface area contributed by atoms with E-state index in [9.17, 15) is 4.79 Å². The fraction of sp³-hybridized carbons (Fsp3) is 0.600. The first kappa shape index (κ1) is 14.9. The van der Waals surface area contributed by atoms with Gasteiger partial charge in [0.25, 0.3) is 0 Å². The van der Waals surface area contributed by atoms with Crippen LogP contribution in [-0.2, 0) is 16.1 Å². The molecule has 1 aromatic rings. The maximum absolute atomic E-state index is 12.3. The zero-order valence-electron chi connectivity index (χ0n) is 12.3. The Hall–Kier alpha value is -1.46. The highest BCUT2D eigenvalue weighted by atomic mass is 16.5. The maximum atomic E-state index is 12.3. The molecular weight excluding hydrogens is 254 g/mol. The van der Waals surface area contributed by atoms with Crippen molar-refractivity contribution in [3.05, 3.63) is 29.6 Å². The topological polar surface area (TPSA) is 54.5 Å². The predicted molar refractivity (Wildman–Crippen MR) is 77.3 cm³/mol. The molecule has 5 nitrogen and oxygen atoms in total. The molecule has 1 fully saturated rings. The summed E-state index contributed by atoms with van der Waals surface area (Å²) in [6.07, 6.45) is 0.486. The standard InChI is InChI=1S/C15H23N3O2/c1-3-18(10-13-6-4-5-12(2)17-13)15(19)9-14-11-20-8-7-16-14/h4-6,14,16H,3,7-11H2,1-2H3. The van der Waals surface area contributed by atoms with Gasteiger partial charge in [-0.05, 0) is 26.0 Å². The first-order valence-electron chi connectivity index (χ1n) is 7.20. The molecule has 0 bridgehead atoms. The van der Waals surface area contributed by atoms with E-state index in [1.54, 1.807) is 0 Å². The number of pyridine rings is 1. The van der Waals surface area contributed by atoms with Gasteiger partial charge in [-0.2, -0.15) is 0 Å². The van der Waals surface area contributed by atoms with E-state index in [1.165, 1.54) is 0 Å². The van der Waals surface area contributed by atoms with Crippen LogP contribution in [0.2, 0.25) is 0 Å². The second kappa shape index (κ2) is 7.36. The minimum absolute atomic E-state index is 0.135. The van der Waals surface area contributed by atoms with Gasteiger partial charge in [-0.25, -0.2) is 0 Å².